The maximum absolute atomic E-state index is 6.29. The van der Waals surface area contributed by atoms with Gasteiger partial charge in [-0.1, -0.05) is 31.5 Å². The van der Waals surface area contributed by atoms with Gasteiger partial charge in [-0.15, -0.1) is 0 Å². The molecule has 3 nitrogen and oxygen atoms in total. The molecular formula is C17H20ClNO2. The van der Waals surface area contributed by atoms with E-state index in [1.807, 2.05) is 42.5 Å². The molecule has 0 aliphatic rings. The molecule has 0 saturated carbocycles. The number of hydrogen-bond donors (Lipinski definition) is 1. The van der Waals surface area contributed by atoms with E-state index in [2.05, 4.69) is 19.2 Å². The lowest BCUT2D eigenvalue weighted by molar-refractivity contribution is 0.412. The molecule has 2 aromatic carbocycles. The lowest BCUT2D eigenvalue weighted by atomic mass is 10.2. The fraction of sp³-hybridized carbons (Fsp3) is 0.294. The van der Waals surface area contributed by atoms with Gasteiger partial charge in [-0.05, 0) is 36.4 Å². The zero-order valence-corrected chi connectivity index (χ0v) is 13.3. The van der Waals surface area contributed by atoms with Crippen LogP contribution in [-0.2, 0) is 6.54 Å². The quantitative estimate of drug-likeness (QED) is 0.843. The Kier molecular flexibility index (Phi) is 5.48. The van der Waals surface area contributed by atoms with Gasteiger partial charge >= 0.3 is 0 Å². The predicted molar refractivity (Wildman–Crippen MR) is 86.5 cm³/mol. The molecular weight excluding hydrogens is 286 g/mol. The second-order valence-electron chi connectivity index (χ2n) is 5.03. The van der Waals surface area contributed by atoms with E-state index in [0.717, 1.165) is 22.8 Å². The summed E-state index contributed by atoms with van der Waals surface area (Å²) < 4.78 is 11.1. The van der Waals surface area contributed by atoms with Crippen LogP contribution in [0.5, 0.6) is 17.2 Å². The molecule has 0 atom stereocenters. The first kappa shape index (κ1) is 15.7. The van der Waals surface area contributed by atoms with E-state index < -0.39 is 0 Å². The third kappa shape index (κ3) is 4.38. The first-order valence-electron chi connectivity index (χ1n) is 6.93. The third-order valence-corrected chi connectivity index (χ3v) is 3.40. The second kappa shape index (κ2) is 7.34. The first-order chi connectivity index (χ1) is 10.1. The van der Waals surface area contributed by atoms with Crippen LogP contribution in [0.3, 0.4) is 0 Å². The summed E-state index contributed by atoms with van der Waals surface area (Å²) in [6.07, 6.45) is 0. The number of halogens is 1. The molecule has 21 heavy (non-hydrogen) atoms. The molecule has 112 valence electrons. The molecule has 2 aromatic rings. The predicted octanol–water partition coefficient (Wildman–Crippen LogP) is 4.64. The summed E-state index contributed by atoms with van der Waals surface area (Å²) in [5, 5.41) is 4.07. The number of benzene rings is 2. The molecule has 0 aromatic heterocycles. The van der Waals surface area contributed by atoms with Crippen molar-refractivity contribution in [3.8, 4) is 17.2 Å². The van der Waals surface area contributed by atoms with Crippen molar-refractivity contribution in [2.75, 3.05) is 7.11 Å². The Balaban J connectivity index is 2.19. The average molecular weight is 306 g/mol. The molecule has 0 radical (unpaired) electrons. The maximum atomic E-state index is 6.29. The zero-order valence-electron chi connectivity index (χ0n) is 12.5. The summed E-state index contributed by atoms with van der Waals surface area (Å²) in [7, 11) is 1.64. The molecule has 0 aliphatic heterocycles. The Morgan fingerprint density at radius 3 is 2.33 bits per heavy atom. The van der Waals surface area contributed by atoms with Crippen molar-refractivity contribution >= 4 is 11.6 Å². The topological polar surface area (TPSA) is 30.5 Å². The van der Waals surface area contributed by atoms with Crippen LogP contribution in [0.1, 0.15) is 19.4 Å². The largest absolute Gasteiger partial charge is 0.497 e. The summed E-state index contributed by atoms with van der Waals surface area (Å²) >= 11 is 6.29. The van der Waals surface area contributed by atoms with Gasteiger partial charge in [-0.2, -0.15) is 0 Å². The number of nitrogens with one attached hydrogen (secondary N) is 1. The summed E-state index contributed by atoms with van der Waals surface area (Å²) in [6, 6.07) is 13.6. The molecule has 0 spiro atoms. The highest BCUT2D eigenvalue weighted by molar-refractivity contribution is 6.31. The minimum Gasteiger partial charge on any atom is -0.497 e. The molecule has 0 aliphatic carbocycles. The van der Waals surface area contributed by atoms with Gasteiger partial charge in [0.1, 0.15) is 17.2 Å². The number of hydrogen-bond acceptors (Lipinski definition) is 3. The maximum Gasteiger partial charge on any atom is 0.133 e. The van der Waals surface area contributed by atoms with E-state index in [9.17, 15) is 0 Å². The molecule has 0 amide bonds. The molecule has 0 fully saturated rings. The summed E-state index contributed by atoms with van der Waals surface area (Å²) in [5.74, 6) is 2.32. The van der Waals surface area contributed by atoms with Crippen LogP contribution in [0, 0.1) is 0 Å². The van der Waals surface area contributed by atoms with Gasteiger partial charge in [0.25, 0.3) is 0 Å². The Morgan fingerprint density at radius 2 is 1.71 bits per heavy atom. The molecule has 4 heteroatoms. The summed E-state index contributed by atoms with van der Waals surface area (Å²) in [5.41, 5.74) is 0.962. The molecule has 0 saturated heterocycles. The van der Waals surface area contributed by atoms with Gasteiger partial charge < -0.3 is 14.8 Å². The van der Waals surface area contributed by atoms with E-state index in [1.54, 1.807) is 7.11 Å². The first-order valence-corrected chi connectivity index (χ1v) is 7.30. The van der Waals surface area contributed by atoms with Crippen LogP contribution >= 0.6 is 11.6 Å². The average Bonchev–Trinajstić information content (AvgIpc) is 2.47. The molecule has 0 bridgehead atoms. The highest BCUT2D eigenvalue weighted by Crippen LogP contribution is 2.31. The highest BCUT2D eigenvalue weighted by Gasteiger charge is 2.10. The Hall–Kier alpha value is -1.71. The minimum atomic E-state index is 0.384. The van der Waals surface area contributed by atoms with Crippen LogP contribution in [0.15, 0.2) is 42.5 Å². The van der Waals surface area contributed by atoms with E-state index in [-0.39, 0.29) is 0 Å². The fourth-order valence-electron chi connectivity index (χ4n) is 1.88. The number of rotatable bonds is 6. The van der Waals surface area contributed by atoms with Crippen molar-refractivity contribution in [2.45, 2.75) is 26.4 Å². The molecule has 2 rings (SSSR count). The van der Waals surface area contributed by atoms with Crippen molar-refractivity contribution in [3.63, 3.8) is 0 Å². The minimum absolute atomic E-state index is 0.384. The highest BCUT2D eigenvalue weighted by atomic mass is 35.5. The van der Waals surface area contributed by atoms with Crippen molar-refractivity contribution in [2.24, 2.45) is 0 Å². The van der Waals surface area contributed by atoms with Crippen LogP contribution < -0.4 is 14.8 Å². The standard InChI is InChI=1S/C17H20ClNO2/c1-12(2)19-11-15-16(18)5-4-6-17(15)21-14-9-7-13(20-3)8-10-14/h4-10,12,19H,11H2,1-3H3. The number of ether oxygens (including phenoxy) is 2. The third-order valence-electron chi connectivity index (χ3n) is 3.05. The Morgan fingerprint density at radius 1 is 1.05 bits per heavy atom. The molecule has 1 N–H and O–H groups in total. The van der Waals surface area contributed by atoms with Crippen LogP contribution in [0.25, 0.3) is 0 Å². The van der Waals surface area contributed by atoms with Crippen LogP contribution in [-0.4, -0.2) is 13.2 Å². The van der Waals surface area contributed by atoms with Gasteiger partial charge in [0.2, 0.25) is 0 Å². The smallest absolute Gasteiger partial charge is 0.133 e. The second-order valence-corrected chi connectivity index (χ2v) is 5.44. The lowest BCUT2D eigenvalue weighted by Crippen LogP contribution is -2.22. The number of methoxy groups -OCH3 is 1. The van der Waals surface area contributed by atoms with Gasteiger partial charge in [0.15, 0.2) is 0 Å². The van der Waals surface area contributed by atoms with E-state index in [0.29, 0.717) is 17.6 Å². The van der Waals surface area contributed by atoms with Crippen LogP contribution in [0.2, 0.25) is 5.02 Å². The van der Waals surface area contributed by atoms with Crippen LogP contribution in [0.4, 0.5) is 0 Å². The van der Waals surface area contributed by atoms with Crippen molar-refractivity contribution in [1.82, 2.24) is 5.32 Å². The van der Waals surface area contributed by atoms with Gasteiger partial charge in [-0.25, -0.2) is 0 Å². The molecule has 0 heterocycles. The Bertz CT molecular complexity index is 582. The monoisotopic (exact) mass is 305 g/mol. The Labute approximate surface area is 130 Å². The molecule has 0 unspecified atom stereocenters. The lowest BCUT2D eigenvalue weighted by Gasteiger charge is -2.15. The van der Waals surface area contributed by atoms with Crippen molar-refractivity contribution < 1.29 is 9.47 Å². The van der Waals surface area contributed by atoms with E-state index >= 15 is 0 Å². The van der Waals surface area contributed by atoms with Crippen molar-refractivity contribution in [3.05, 3.63) is 53.1 Å². The van der Waals surface area contributed by atoms with Gasteiger partial charge in [0, 0.05) is 23.2 Å². The van der Waals surface area contributed by atoms with E-state index in [4.69, 9.17) is 21.1 Å². The van der Waals surface area contributed by atoms with Crippen molar-refractivity contribution in [1.29, 1.82) is 0 Å². The van der Waals surface area contributed by atoms with Gasteiger partial charge in [0.05, 0.1) is 7.11 Å². The normalized spacial score (nSPS) is 10.7. The van der Waals surface area contributed by atoms with E-state index in [1.165, 1.54) is 0 Å². The van der Waals surface area contributed by atoms with Gasteiger partial charge in [-0.3, -0.25) is 0 Å². The zero-order chi connectivity index (χ0) is 15.2. The summed E-state index contributed by atoms with van der Waals surface area (Å²) in [6.45, 7) is 4.87. The fourth-order valence-corrected chi connectivity index (χ4v) is 2.12. The summed E-state index contributed by atoms with van der Waals surface area (Å²) in [4.78, 5) is 0. The SMILES string of the molecule is COc1ccc(Oc2cccc(Cl)c2CNC(C)C)cc1.